The molecule has 1 aromatic rings. The number of aromatic nitrogens is 2. The van der Waals surface area contributed by atoms with Crippen molar-refractivity contribution in [2.45, 2.75) is 51.6 Å². The summed E-state index contributed by atoms with van der Waals surface area (Å²) < 4.78 is 5.87. The van der Waals surface area contributed by atoms with Gasteiger partial charge < -0.3 is 10.5 Å². The van der Waals surface area contributed by atoms with Gasteiger partial charge in [-0.05, 0) is 38.7 Å². The lowest BCUT2D eigenvalue weighted by atomic mass is 10.2. The summed E-state index contributed by atoms with van der Waals surface area (Å²) in [5.41, 5.74) is 7.01. The Kier molecular flexibility index (Phi) is 4.47. The molecule has 0 aromatic carbocycles. The molecule has 0 spiro atoms. The molecule has 1 fully saturated rings. The van der Waals surface area contributed by atoms with Gasteiger partial charge >= 0.3 is 6.01 Å². The van der Waals surface area contributed by atoms with Crippen LogP contribution in [-0.4, -0.2) is 21.1 Å². The monoisotopic (exact) mass is 265 g/mol. The van der Waals surface area contributed by atoms with E-state index in [1.807, 2.05) is 6.92 Å². The molecule has 0 bridgehead atoms. The minimum atomic E-state index is 0.230. The molecule has 1 heterocycles. The predicted molar refractivity (Wildman–Crippen MR) is 74.8 cm³/mol. The molecule has 0 atom stereocenters. The molecule has 2 rings (SSSR count). The second-order valence-electron chi connectivity index (χ2n) is 4.77. The number of nitrogens with two attached hydrogens (primary N) is 1. The van der Waals surface area contributed by atoms with Gasteiger partial charge in [-0.15, -0.1) is 0 Å². The molecule has 1 aliphatic carbocycles. The SMILES string of the molecule is Cc1cc(C(N)=S)nc(OC2CCCCCC2)n1. The summed E-state index contributed by atoms with van der Waals surface area (Å²) in [6, 6.07) is 2.19. The number of hydrogen-bond acceptors (Lipinski definition) is 4. The highest BCUT2D eigenvalue weighted by Crippen LogP contribution is 2.21. The molecule has 0 unspecified atom stereocenters. The first kappa shape index (κ1) is 13.2. The minimum Gasteiger partial charge on any atom is -0.460 e. The van der Waals surface area contributed by atoms with Gasteiger partial charge in [0.1, 0.15) is 16.8 Å². The van der Waals surface area contributed by atoms with Crippen LogP contribution in [-0.2, 0) is 0 Å². The smallest absolute Gasteiger partial charge is 0.317 e. The summed E-state index contributed by atoms with van der Waals surface area (Å²) in [7, 11) is 0. The molecule has 0 saturated heterocycles. The standard InChI is InChI=1S/C13H19N3OS/c1-9-8-11(12(14)18)16-13(15-9)17-10-6-4-2-3-5-7-10/h8,10H,2-7H2,1H3,(H2,14,18). The first-order valence-electron chi connectivity index (χ1n) is 6.47. The Morgan fingerprint density at radius 1 is 1.28 bits per heavy atom. The Balaban J connectivity index is 2.10. The van der Waals surface area contributed by atoms with E-state index < -0.39 is 0 Å². The average molecular weight is 265 g/mol. The fraction of sp³-hybridized carbons (Fsp3) is 0.615. The van der Waals surface area contributed by atoms with Crippen molar-refractivity contribution in [3.05, 3.63) is 17.5 Å². The number of hydrogen-bond donors (Lipinski definition) is 1. The zero-order valence-corrected chi connectivity index (χ0v) is 11.5. The highest BCUT2D eigenvalue weighted by molar-refractivity contribution is 7.80. The molecule has 5 heteroatoms. The van der Waals surface area contributed by atoms with E-state index in [1.165, 1.54) is 25.7 Å². The van der Waals surface area contributed by atoms with Crippen molar-refractivity contribution >= 4 is 17.2 Å². The van der Waals surface area contributed by atoms with Crippen molar-refractivity contribution in [3.8, 4) is 6.01 Å². The summed E-state index contributed by atoms with van der Waals surface area (Å²) >= 11 is 4.94. The minimum absolute atomic E-state index is 0.230. The molecule has 98 valence electrons. The predicted octanol–water partition coefficient (Wildman–Crippen LogP) is 2.52. The first-order valence-corrected chi connectivity index (χ1v) is 6.88. The van der Waals surface area contributed by atoms with Crippen molar-refractivity contribution < 1.29 is 4.74 Å². The zero-order chi connectivity index (χ0) is 13.0. The summed E-state index contributed by atoms with van der Waals surface area (Å²) in [6.45, 7) is 1.89. The fourth-order valence-corrected chi connectivity index (χ4v) is 2.33. The van der Waals surface area contributed by atoms with Gasteiger partial charge in [0, 0.05) is 5.69 Å². The van der Waals surface area contributed by atoms with E-state index in [1.54, 1.807) is 6.07 Å². The molecular weight excluding hydrogens is 246 g/mol. The maximum absolute atomic E-state index is 5.87. The molecule has 2 N–H and O–H groups in total. The van der Waals surface area contributed by atoms with Gasteiger partial charge in [0.15, 0.2) is 0 Å². The van der Waals surface area contributed by atoms with Crippen LogP contribution in [0.25, 0.3) is 0 Å². The zero-order valence-electron chi connectivity index (χ0n) is 10.7. The summed E-state index contributed by atoms with van der Waals surface area (Å²) in [6.07, 6.45) is 7.43. The average Bonchev–Trinajstić information content (AvgIpc) is 2.57. The normalized spacial score (nSPS) is 17.2. The number of nitrogens with zero attached hydrogens (tertiary/aromatic N) is 2. The van der Waals surface area contributed by atoms with Gasteiger partial charge in [-0.3, -0.25) is 0 Å². The van der Waals surface area contributed by atoms with Gasteiger partial charge in [-0.25, -0.2) is 4.98 Å². The third-order valence-corrected chi connectivity index (χ3v) is 3.37. The fourth-order valence-electron chi connectivity index (χ4n) is 2.23. The van der Waals surface area contributed by atoms with Crippen LogP contribution in [0.2, 0.25) is 0 Å². The molecule has 1 saturated carbocycles. The summed E-state index contributed by atoms with van der Waals surface area (Å²) in [5.74, 6) is 0. The van der Waals surface area contributed by atoms with Crippen LogP contribution in [0.15, 0.2) is 6.07 Å². The van der Waals surface area contributed by atoms with Crippen LogP contribution < -0.4 is 10.5 Å². The number of ether oxygens (including phenoxy) is 1. The second-order valence-corrected chi connectivity index (χ2v) is 5.21. The van der Waals surface area contributed by atoms with Crippen molar-refractivity contribution in [1.29, 1.82) is 0 Å². The maximum atomic E-state index is 5.87. The van der Waals surface area contributed by atoms with Crippen molar-refractivity contribution in [2.24, 2.45) is 5.73 Å². The highest BCUT2D eigenvalue weighted by Gasteiger charge is 2.15. The summed E-state index contributed by atoms with van der Waals surface area (Å²) in [5, 5.41) is 0. The van der Waals surface area contributed by atoms with E-state index in [-0.39, 0.29) is 11.1 Å². The van der Waals surface area contributed by atoms with Crippen molar-refractivity contribution in [3.63, 3.8) is 0 Å². The largest absolute Gasteiger partial charge is 0.460 e. The third-order valence-electron chi connectivity index (χ3n) is 3.16. The number of thiocarbonyl (C=S) groups is 1. The Hall–Kier alpha value is -1.23. The third kappa shape index (κ3) is 3.63. The van der Waals surface area contributed by atoms with Crippen LogP contribution in [0, 0.1) is 6.92 Å². The van der Waals surface area contributed by atoms with Gasteiger partial charge in [0.25, 0.3) is 0 Å². The maximum Gasteiger partial charge on any atom is 0.317 e. The molecule has 1 aliphatic rings. The van der Waals surface area contributed by atoms with Gasteiger partial charge in [-0.1, -0.05) is 25.1 Å². The molecule has 18 heavy (non-hydrogen) atoms. The number of aryl methyl sites for hydroxylation is 1. The van der Waals surface area contributed by atoms with Gasteiger partial charge in [0.05, 0.1) is 0 Å². The van der Waals surface area contributed by atoms with Crippen LogP contribution in [0.3, 0.4) is 0 Å². The first-order chi connectivity index (χ1) is 8.65. The quantitative estimate of drug-likeness (QED) is 0.672. The highest BCUT2D eigenvalue weighted by atomic mass is 32.1. The van der Waals surface area contributed by atoms with Gasteiger partial charge in [0.2, 0.25) is 0 Å². The van der Waals surface area contributed by atoms with E-state index in [0.29, 0.717) is 11.7 Å². The Labute approximate surface area is 113 Å². The van der Waals surface area contributed by atoms with E-state index in [2.05, 4.69) is 9.97 Å². The molecule has 4 nitrogen and oxygen atoms in total. The molecule has 0 radical (unpaired) electrons. The Bertz CT molecular complexity index is 428. The van der Waals surface area contributed by atoms with E-state index in [4.69, 9.17) is 22.7 Å². The lowest BCUT2D eigenvalue weighted by Crippen LogP contribution is -2.19. The number of rotatable bonds is 3. The Morgan fingerprint density at radius 3 is 2.56 bits per heavy atom. The lowest BCUT2D eigenvalue weighted by molar-refractivity contribution is 0.167. The van der Waals surface area contributed by atoms with Crippen LogP contribution >= 0.6 is 12.2 Å². The lowest BCUT2D eigenvalue weighted by Gasteiger charge is -2.15. The molecular formula is C13H19N3OS. The van der Waals surface area contributed by atoms with Crippen molar-refractivity contribution in [2.75, 3.05) is 0 Å². The van der Waals surface area contributed by atoms with E-state index >= 15 is 0 Å². The summed E-state index contributed by atoms with van der Waals surface area (Å²) in [4.78, 5) is 8.83. The van der Waals surface area contributed by atoms with E-state index in [9.17, 15) is 0 Å². The second kappa shape index (κ2) is 6.09. The molecule has 1 aromatic heterocycles. The van der Waals surface area contributed by atoms with Crippen LogP contribution in [0.5, 0.6) is 6.01 Å². The Morgan fingerprint density at radius 2 is 1.94 bits per heavy atom. The van der Waals surface area contributed by atoms with Crippen molar-refractivity contribution in [1.82, 2.24) is 9.97 Å². The van der Waals surface area contributed by atoms with E-state index in [0.717, 1.165) is 18.5 Å². The topological polar surface area (TPSA) is 61.0 Å². The van der Waals surface area contributed by atoms with Crippen LogP contribution in [0.4, 0.5) is 0 Å². The molecule has 0 aliphatic heterocycles. The van der Waals surface area contributed by atoms with Crippen LogP contribution in [0.1, 0.15) is 49.9 Å². The van der Waals surface area contributed by atoms with Gasteiger partial charge in [-0.2, -0.15) is 4.98 Å². The molecule has 0 amide bonds.